The zero-order valence-corrected chi connectivity index (χ0v) is 16.8. The number of fused-ring (bicyclic) bond motifs is 1. The Balaban J connectivity index is 1.89. The summed E-state index contributed by atoms with van der Waals surface area (Å²) >= 11 is 5.80. The molecular formula is C21H21ClFN3O3. The van der Waals surface area contributed by atoms with Crippen LogP contribution in [0.15, 0.2) is 53.5 Å². The maximum atomic E-state index is 13.4. The summed E-state index contributed by atoms with van der Waals surface area (Å²) in [4.78, 5) is 29.3. The highest BCUT2D eigenvalue weighted by molar-refractivity contribution is 6.31. The molecule has 0 spiro atoms. The number of anilines is 1. The number of nitrogens with one attached hydrogen (secondary N) is 2. The summed E-state index contributed by atoms with van der Waals surface area (Å²) in [5, 5.41) is 3.97. The van der Waals surface area contributed by atoms with Crippen molar-refractivity contribution in [3.8, 4) is 0 Å². The summed E-state index contributed by atoms with van der Waals surface area (Å²) in [7, 11) is 1.57. The second kappa shape index (κ2) is 9.07. The lowest BCUT2D eigenvalue weighted by Gasteiger charge is -2.26. The number of aromatic nitrogens is 1. The summed E-state index contributed by atoms with van der Waals surface area (Å²) in [6, 6.07) is 10.8. The first-order chi connectivity index (χ1) is 13.9. The van der Waals surface area contributed by atoms with Crippen molar-refractivity contribution in [2.24, 2.45) is 0 Å². The van der Waals surface area contributed by atoms with Gasteiger partial charge in [-0.3, -0.25) is 4.79 Å². The molecule has 2 aromatic carbocycles. The maximum absolute atomic E-state index is 13.4. The normalized spacial score (nSPS) is 12.0. The smallest absolute Gasteiger partial charge is 0.322 e. The molecule has 2 amide bonds. The average Bonchev–Trinajstić information content (AvgIpc) is 2.72. The summed E-state index contributed by atoms with van der Waals surface area (Å²) in [5.41, 5.74) is 0.977. The molecule has 1 atom stereocenters. The van der Waals surface area contributed by atoms with Crippen LogP contribution in [0.1, 0.15) is 12.5 Å². The number of rotatable bonds is 6. The number of pyridine rings is 1. The van der Waals surface area contributed by atoms with Gasteiger partial charge in [-0.25, -0.2) is 9.18 Å². The largest absolute Gasteiger partial charge is 0.380 e. The van der Waals surface area contributed by atoms with Crippen molar-refractivity contribution < 1.29 is 13.9 Å². The van der Waals surface area contributed by atoms with Crippen LogP contribution in [0.4, 0.5) is 14.9 Å². The third-order valence-electron chi connectivity index (χ3n) is 4.59. The SMILES string of the molecule is COC(C)CN(Cc1c[nH]c(=O)c2ccccc12)C(=O)Nc1ccc(F)c(Cl)c1. The lowest BCUT2D eigenvalue weighted by atomic mass is 10.1. The molecule has 0 aliphatic heterocycles. The Morgan fingerprint density at radius 2 is 2.00 bits per heavy atom. The molecule has 3 rings (SSSR count). The molecule has 0 aliphatic rings. The van der Waals surface area contributed by atoms with Gasteiger partial charge in [0, 0.05) is 37.5 Å². The quantitative estimate of drug-likeness (QED) is 0.624. The van der Waals surface area contributed by atoms with Crippen molar-refractivity contribution in [2.45, 2.75) is 19.6 Å². The molecule has 3 aromatic rings. The molecule has 152 valence electrons. The van der Waals surface area contributed by atoms with Gasteiger partial charge in [-0.15, -0.1) is 0 Å². The number of H-pyrrole nitrogens is 1. The van der Waals surface area contributed by atoms with Gasteiger partial charge < -0.3 is 19.9 Å². The Labute approximate surface area is 172 Å². The second-order valence-electron chi connectivity index (χ2n) is 6.67. The molecule has 1 heterocycles. The van der Waals surface area contributed by atoms with E-state index in [9.17, 15) is 14.0 Å². The van der Waals surface area contributed by atoms with Crippen molar-refractivity contribution >= 4 is 34.1 Å². The van der Waals surface area contributed by atoms with E-state index in [4.69, 9.17) is 16.3 Å². The average molecular weight is 418 g/mol. The first-order valence-corrected chi connectivity index (χ1v) is 9.40. The first-order valence-electron chi connectivity index (χ1n) is 9.02. The van der Waals surface area contributed by atoms with Gasteiger partial charge in [0.15, 0.2) is 0 Å². The van der Waals surface area contributed by atoms with Gasteiger partial charge in [-0.1, -0.05) is 29.8 Å². The van der Waals surface area contributed by atoms with E-state index in [2.05, 4.69) is 10.3 Å². The molecular weight excluding hydrogens is 397 g/mol. The van der Waals surface area contributed by atoms with Crippen LogP contribution >= 0.6 is 11.6 Å². The Hall–Kier alpha value is -2.90. The predicted octanol–water partition coefficient (Wildman–Crippen LogP) is 4.39. The molecule has 0 aliphatic carbocycles. The molecule has 0 saturated carbocycles. The number of carbonyl (C=O) groups excluding carboxylic acids is 1. The number of benzene rings is 2. The van der Waals surface area contributed by atoms with E-state index >= 15 is 0 Å². The van der Waals surface area contributed by atoms with Crippen molar-refractivity contribution in [3.63, 3.8) is 0 Å². The van der Waals surface area contributed by atoms with E-state index in [-0.39, 0.29) is 23.2 Å². The topological polar surface area (TPSA) is 74.4 Å². The molecule has 6 nitrogen and oxygen atoms in total. The van der Waals surface area contributed by atoms with Gasteiger partial charge in [-0.05, 0) is 42.1 Å². The number of hydrogen-bond donors (Lipinski definition) is 2. The molecule has 1 aromatic heterocycles. The molecule has 1 unspecified atom stereocenters. The van der Waals surface area contributed by atoms with Gasteiger partial charge in [0.1, 0.15) is 5.82 Å². The molecule has 0 fully saturated rings. The third kappa shape index (κ3) is 4.93. The van der Waals surface area contributed by atoms with Gasteiger partial charge in [-0.2, -0.15) is 0 Å². The Morgan fingerprint density at radius 3 is 2.69 bits per heavy atom. The Kier molecular flexibility index (Phi) is 6.51. The van der Waals surface area contributed by atoms with Crippen molar-refractivity contribution in [3.05, 3.63) is 75.4 Å². The highest BCUT2D eigenvalue weighted by Gasteiger charge is 2.19. The number of methoxy groups -OCH3 is 1. The number of amides is 2. The van der Waals surface area contributed by atoms with E-state index in [1.54, 1.807) is 30.3 Å². The Morgan fingerprint density at radius 1 is 1.28 bits per heavy atom. The standard InChI is InChI=1S/C21H21ClFN3O3/c1-13(29-2)11-26(21(28)25-15-7-8-19(23)18(22)9-15)12-14-10-24-20(27)17-6-4-3-5-16(14)17/h3-10,13H,11-12H2,1-2H3,(H,24,27)(H,25,28). The third-order valence-corrected chi connectivity index (χ3v) is 4.88. The number of carbonyl (C=O) groups is 1. The van der Waals surface area contributed by atoms with Gasteiger partial charge in [0.25, 0.3) is 5.56 Å². The number of urea groups is 1. The van der Waals surface area contributed by atoms with Crippen molar-refractivity contribution in [1.29, 1.82) is 0 Å². The number of hydrogen-bond acceptors (Lipinski definition) is 3. The molecule has 29 heavy (non-hydrogen) atoms. The minimum atomic E-state index is -0.561. The monoisotopic (exact) mass is 417 g/mol. The van der Waals surface area contributed by atoms with E-state index < -0.39 is 11.8 Å². The maximum Gasteiger partial charge on any atom is 0.322 e. The minimum Gasteiger partial charge on any atom is -0.380 e. The summed E-state index contributed by atoms with van der Waals surface area (Å²) in [5.74, 6) is -0.561. The Bertz CT molecular complexity index is 1090. The number of nitrogens with zero attached hydrogens (tertiary/aromatic N) is 1. The van der Waals surface area contributed by atoms with Crippen LogP contribution in [-0.4, -0.2) is 35.7 Å². The second-order valence-corrected chi connectivity index (χ2v) is 7.08. The summed E-state index contributed by atoms with van der Waals surface area (Å²) < 4.78 is 18.7. The minimum absolute atomic E-state index is 0.0776. The highest BCUT2D eigenvalue weighted by Crippen LogP contribution is 2.21. The van der Waals surface area contributed by atoms with Gasteiger partial charge in [0.05, 0.1) is 11.1 Å². The fourth-order valence-electron chi connectivity index (χ4n) is 2.99. The van der Waals surface area contributed by atoms with E-state index in [0.29, 0.717) is 17.6 Å². The lowest BCUT2D eigenvalue weighted by Crippen LogP contribution is -2.39. The number of halogens is 2. The lowest BCUT2D eigenvalue weighted by molar-refractivity contribution is 0.0863. The van der Waals surface area contributed by atoms with Crippen LogP contribution in [-0.2, 0) is 11.3 Å². The van der Waals surface area contributed by atoms with Crippen LogP contribution in [0.5, 0.6) is 0 Å². The van der Waals surface area contributed by atoms with Crippen molar-refractivity contribution in [1.82, 2.24) is 9.88 Å². The van der Waals surface area contributed by atoms with Crippen LogP contribution in [0.2, 0.25) is 5.02 Å². The van der Waals surface area contributed by atoms with Gasteiger partial charge >= 0.3 is 6.03 Å². The highest BCUT2D eigenvalue weighted by atomic mass is 35.5. The van der Waals surface area contributed by atoms with E-state index in [1.807, 2.05) is 19.1 Å². The zero-order chi connectivity index (χ0) is 21.0. The number of aromatic amines is 1. The molecule has 0 radical (unpaired) electrons. The van der Waals surface area contributed by atoms with E-state index in [0.717, 1.165) is 10.9 Å². The predicted molar refractivity (Wildman–Crippen MR) is 112 cm³/mol. The number of ether oxygens (including phenoxy) is 1. The van der Waals surface area contributed by atoms with Crippen molar-refractivity contribution in [2.75, 3.05) is 19.0 Å². The van der Waals surface area contributed by atoms with Crippen LogP contribution in [0, 0.1) is 5.82 Å². The molecule has 0 bridgehead atoms. The van der Waals surface area contributed by atoms with Gasteiger partial charge in [0.2, 0.25) is 0 Å². The van der Waals surface area contributed by atoms with Crippen LogP contribution in [0.3, 0.4) is 0 Å². The zero-order valence-electron chi connectivity index (χ0n) is 16.0. The molecule has 2 N–H and O–H groups in total. The summed E-state index contributed by atoms with van der Waals surface area (Å²) in [6.45, 7) is 2.40. The first kappa shape index (κ1) is 20.8. The fraction of sp³-hybridized carbons (Fsp3) is 0.238. The molecule has 8 heteroatoms. The summed E-state index contributed by atoms with van der Waals surface area (Å²) in [6.07, 6.45) is 1.39. The van der Waals surface area contributed by atoms with Crippen LogP contribution in [0.25, 0.3) is 10.8 Å². The van der Waals surface area contributed by atoms with Crippen LogP contribution < -0.4 is 10.9 Å². The molecule has 0 saturated heterocycles. The fourth-order valence-corrected chi connectivity index (χ4v) is 3.17. The van der Waals surface area contributed by atoms with E-state index in [1.165, 1.54) is 18.2 Å².